The molecule has 1 aromatic rings. The van der Waals surface area contributed by atoms with Gasteiger partial charge in [-0.3, -0.25) is 5.32 Å². The monoisotopic (exact) mass is 332 g/mol. The summed E-state index contributed by atoms with van der Waals surface area (Å²) >= 11 is 1.76. The molecular formula is C12H19ClN5O2S+. The van der Waals surface area contributed by atoms with Gasteiger partial charge in [-0.05, 0) is 23.7 Å². The fraction of sp³-hybridized carbons (Fsp3) is 0.500. The molecule has 21 heavy (non-hydrogen) atoms. The van der Waals surface area contributed by atoms with Gasteiger partial charge in [0.25, 0.3) is 0 Å². The normalized spacial score (nSPS) is 23.5. The van der Waals surface area contributed by atoms with Crippen LogP contribution in [0.15, 0.2) is 39.6 Å². The number of nitrogens with zero attached hydrogens (tertiary/aromatic N) is 3. The molecule has 1 atom stereocenters. The lowest BCUT2D eigenvalue weighted by Gasteiger charge is -2.38. The molecule has 2 aliphatic heterocycles. The van der Waals surface area contributed by atoms with E-state index in [1.165, 1.54) is 4.88 Å². The molecule has 0 amide bonds. The van der Waals surface area contributed by atoms with Gasteiger partial charge in [0.05, 0.1) is 0 Å². The molecule has 0 aromatic carbocycles. The zero-order valence-electron chi connectivity index (χ0n) is 11.7. The van der Waals surface area contributed by atoms with Crippen molar-refractivity contribution in [3.8, 4) is 0 Å². The number of rotatable bonds is 5. The van der Waals surface area contributed by atoms with Crippen molar-refractivity contribution >= 4 is 23.7 Å². The quantitative estimate of drug-likeness (QED) is 0.806. The Morgan fingerprint density at radius 1 is 1.43 bits per heavy atom. The van der Waals surface area contributed by atoms with Crippen molar-refractivity contribution in [2.45, 2.75) is 6.42 Å². The maximum absolute atomic E-state index is 5.79. The van der Waals surface area contributed by atoms with Crippen LogP contribution < -0.4 is 10.9 Å². The molecule has 0 bridgehead atoms. The number of ether oxygens (including phenoxy) is 2. The van der Waals surface area contributed by atoms with Crippen LogP contribution in [0.3, 0.4) is 0 Å². The van der Waals surface area contributed by atoms with E-state index >= 15 is 0 Å². The van der Waals surface area contributed by atoms with Crippen molar-refractivity contribution in [3.63, 3.8) is 0 Å². The zero-order chi connectivity index (χ0) is 13.8. The van der Waals surface area contributed by atoms with Crippen LogP contribution in [-0.4, -0.2) is 38.1 Å². The van der Waals surface area contributed by atoms with Gasteiger partial charge in [-0.25, -0.2) is 0 Å². The highest BCUT2D eigenvalue weighted by atomic mass is 35.5. The lowest BCUT2D eigenvalue weighted by atomic mass is 10.3. The second kappa shape index (κ2) is 7.08. The van der Waals surface area contributed by atoms with Gasteiger partial charge in [0.2, 0.25) is 0 Å². The number of quaternary nitrogens is 1. The van der Waals surface area contributed by atoms with Crippen LogP contribution in [0.1, 0.15) is 4.88 Å². The van der Waals surface area contributed by atoms with E-state index in [1.54, 1.807) is 11.3 Å². The predicted octanol–water partition coefficient (Wildman–Crippen LogP) is 1.76. The summed E-state index contributed by atoms with van der Waals surface area (Å²) in [7, 11) is 1.91. The molecule has 0 spiro atoms. The Morgan fingerprint density at radius 2 is 2.29 bits per heavy atom. The van der Waals surface area contributed by atoms with Crippen molar-refractivity contribution in [1.82, 2.24) is 10.9 Å². The third kappa shape index (κ3) is 3.29. The lowest BCUT2D eigenvalue weighted by molar-refractivity contribution is -0.955. The van der Waals surface area contributed by atoms with Crippen molar-refractivity contribution < 1.29 is 14.1 Å². The smallest absolute Gasteiger partial charge is 0.385 e. The lowest BCUT2D eigenvalue weighted by Crippen LogP contribution is -2.62. The van der Waals surface area contributed by atoms with Gasteiger partial charge in [-0.15, -0.1) is 33.9 Å². The van der Waals surface area contributed by atoms with Crippen molar-refractivity contribution in [2.24, 2.45) is 10.3 Å². The molecule has 116 valence electrons. The maximum atomic E-state index is 5.79. The second-order valence-electron chi connectivity index (χ2n) is 4.64. The first kappa shape index (κ1) is 16.0. The van der Waals surface area contributed by atoms with E-state index in [0.717, 1.165) is 13.0 Å². The maximum Gasteiger partial charge on any atom is 0.385 e. The van der Waals surface area contributed by atoms with Gasteiger partial charge < -0.3 is 9.47 Å². The van der Waals surface area contributed by atoms with E-state index in [-0.39, 0.29) is 12.4 Å². The topological polar surface area (TPSA) is 67.2 Å². The number of halogens is 1. The van der Waals surface area contributed by atoms with Gasteiger partial charge in [0.1, 0.15) is 19.8 Å². The molecular weight excluding hydrogens is 314 g/mol. The van der Waals surface area contributed by atoms with E-state index in [1.807, 2.05) is 7.05 Å². The summed E-state index contributed by atoms with van der Waals surface area (Å²) in [6.07, 6.45) is 0.933. The van der Waals surface area contributed by atoms with Crippen LogP contribution in [0, 0.1) is 0 Å². The Morgan fingerprint density at radius 3 is 3.05 bits per heavy atom. The number of hydrogen-bond donors (Lipinski definition) is 2. The molecule has 1 aromatic heterocycles. The molecule has 2 N–H and O–H groups in total. The minimum absolute atomic E-state index is 0. The van der Waals surface area contributed by atoms with E-state index < -0.39 is 0 Å². The third-order valence-electron chi connectivity index (χ3n) is 3.26. The van der Waals surface area contributed by atoms with Gasteiger partial charge >= 0.3 is 11.8 Å². The highest BCUT2D eigenvalue weighted by Crippen LogP contribution is 2.28. The number of thiophene rings is 1. The minimum atomic E-state index is 0. The molecule has 3 rings (SSSR count). The first-order valence-corrected chi connectivity index (χ1v) is 7.44. The Kier molecular flexibility index (Phi) is 5.40. The highest BCUT2D eigenvalue weighted by Gasteiger charge is 2.43. The van der Waals surface area contributed by atoms with Crippen LogP contribution in [0.4, 0.5) is 0 Å². The minimum Gasteiger partial charge on any atom is -0.466 e. The number of hydrogen-bond acceptors (Lipinski definition) is 7. The van der Waals surface area contributed by atoms with E-state index in [2.05, 4.69) is 38.7 Å². The van der Waals surface area contributed by atoms with Crippen molar-refractivity contribution in [2.75, 3.05) is 33.5 Å². The van der Waals surface area contributed by atoms with Crippen molar-refractivity contribution in [1.29, 1.82) is 0 Å². The van der Waals surface area contributed by atoms with Crippen LogP contribution in [-0.2, 0) is 15.9 Å². The molecule has 9 heteroatoms. The molecule has 0 saturated carbocycles. The Hall–Kier alpha value is -1.35. The molecule has 7 nitrogen and oxygen atoms in total. The molecule has 0 aliphatic carbocycles. The molecule has 1 unspecified atom stereocenters. The van der Waals surface area contributed by atoms with E-state index in [4.69, 9.17) is 9.47 Å². The summed E-state index contributed by atoms with van der Waals surface area (Å²) in [6, 6.07) is 4.20. The van der Waals surface area contributed by atoms with Gasteiger partial charge in [0.15, 0.2) is 6.67 Å². The average Bonchev–Trinajstić information content (AvgIpc) is 2.99. The summed E-state index contributed by atoms with van der Waals surface area (Å²) in [4.78, 5) is 1.33. The second-order valence-corrected chi connectivity index (χ2v) is 5.67. The summed E-state index contributed by atoms with van der Waals surface area (Å²) in [5, 5.41) is 13.2. The summed E-state index contributed by atoms with van der Waals surface area (Å²) in [5.41, 5.74) is 3.07. The predicted molar refractivity (Wildman–Crippen MR) is 81.2 cm³/mol. The summed E-state index contributed by atoms with van der Waals surface area (Å²) < 4.78 is 11.7. The van der Waals surface area contributed by atoms with Gasteiger partial charge in [0, 0.05) is 11.3 Å². The van der Waals surface area contributed by atoms with Crippen LogP contribution in [0.2, 0.25) is 0 Å². The van der Waals surface area contributed by atoms with E-state index in [9.17, 15) is 0 Å². The molecule has 3 heterocycles. The van der Waals surface area contributed by atoms with Crippen LogP contribution >= 0.6 is 23.7 Å². The third-order valence-corrected chi connectivity index (χ3v) is 4.19. The average molecular weight is 333 g/mol. The Labute approximate surface area is 133 Å². The van der Waals surface area contributed by atoms with Gasteiger partial charge in [-0.1, -0.05) is 11.2 Å². The van der Waals surface area contributed by atoms with E-state index in [0.29, 0.717) is 36.2 Å². The first-order chi connectivity index (χ1) is 9.84. The first-order valence-electron chi connectivity index (χ1n) is 6.56. The molecule has 0 saturated heterocycles. The SMILES string of the molecule is CNC[N+]1(CCc2cccs2)NN=NC2=C1OCCO2.Cl. The number of nitrogens with one attached hydrogen (secondary N) is 2. The van der Waals surface area contributed by atoms with Crippen LogP contribution in [0.5, 0.6) is 0 Å². The zero-order valence-corrected chi connectivity index (χ0v) is 13.4. The summed E-state index contributed by atoms with van der Waals surface area (Å²) in [6.45, 7) is 2.51. The van der Waals surface area contributed by atoms with Gasteiger partial charge in [-0.2, -0.15) is 0 Å². The molecule has 2 aliphatic rings. The fourth-order valence-electron chi connectivity index (χ4n) is 2.34. The standard InChI is InChI=1S/C12H18N5O2S.ClH/c1-13-9-17(5-4-10-3-2-8-20-10)12-11(14-15-16-17)18-6-7-19-12;/h2-3,8,13H,4-7,9H2,1H3,(H,14,16);1H/q+1;. The van der Waals surface area contributed by atoms with Crippen LogP contribution in [0.25, 0.3) is 0 Å². The van der Waals surface area contributed by atoms with Crippen molar-refractivity contribution in [3.05, 3.63) is 34.2 Å². The Balaban J connectivity index is 0.00000161. The fourth-order valence-corrected chi connectivity index (χ4v) is 3.04. The molecule has 0 radical (unpaired) electrons. The Bertz CT molecular complexity index is 522. The largest absolute Gasteiger partial charge is 0.466 e. The highest BCUT2D eigenvalue weighted by molar-refractivity contribution is 7.09. The molecule has 0 fully saturated rings. The summed E-state index contributed by atoms with van der Waals surface area (Å²) in [5.74, 6) is 1.19.